The first kappa shape index (κ1) is 16.2. The Labute approximate surface area is 152 Å². The number of benzene rings is 2. The van der Waals surface area contributed by atoms with Crippen LogP contribution in [-0.4, -0.2) is 20.7 Å². The standard InChI is InChI=1S/C19H14N4O2S/c1-12-11-15(24)17(22-23(12)13-7-3-2-4-8-13)18(25)21-19-20-14-9-5-6-10-16(14)26-19/h2-11H,1H3,(H,20,21,25). The molecule has 0 radical (unpaired) electrons. The molecule has 0 aliphatic carbocycles. The van der Waals surface area contributed by atoms with Gasteiger partial charge in [-0.3, -0.25) is 14.9 Å². The molecule has 1 N–H and O–H groups in total. The molecule has 2 heterocycles. The maximum Gasteiger partial charge on any atom is 0.281 e. The van der Waals surface area contributed by atoms with Gasteiger partial charge in [-0.2, -0.15) is 5.10 Å². The minimum atomic E-state index is -0.571. The summed E-state index contributed by atoms with van der Waals surface area (Å²) in [7, 11) is 0. The van der Waals surface area contributed by atoms with E-state index in [0.29, 0.717) is 10.8 Å². The van der Waals surface area contributed by atoms with Gasteiger partial charge in [-0.15, -0.1) is 0 Å². The van der Waals surface area contributed by atoms with Crippen LogP contribution >= 0.6 is 11.3 Å². The molecule has 0 aliphatic heterocycles. The molecule has 128 valence electrons. The van der Waals surface area contributed by atoms with Crippen molar-refractivity contribution in [2.45, 2.75) is 6.92 Å². The Morgan fingerprint density at radius 2 is 1.81 bits per heavy atom. The number of aromatic nitrogens is 3. The van der Waals surface area contributed by atoms with Crippen molar-refractivity contribution in [1.82, 2.24) is 14.8 Å². The fourth-order valence-electron chi connectivity index (χ4n) is 2.62. The van der Waals surface area contributed by atoms with Gasteiger partial charge in [0.2, 0.25) is 5.43 Å². The lowest BCUT2D eigenvalue weighted by Gasteiger charge is -2.10. The van der Waals surface area contributed by atoms with Crippen LogP contribution in [0.25, 0.3) is 15.9 Å². The molecule has 1 amide bonds. The number of carbonyl (C=O) groups excluding carboxylic acids is 1. The quantitative estimate of drug-likeness (QED) is 0.606. The summed E-state index contributed by atoms with van der Waals surface area (Å²) in [4.78, 5) is 29.2. The smallest absolute Gasteiger partial charge is 0.281 e. The van der Waals surface area contributed by atoms with Gasteiger partial charge in [0.15, 0.2) is 10.8 Å². The van der Waals surface area contributed by atoms with E-state index < -0.39 is 11.3 Å². The molecule has 0 atom stereocenters. The second-order valence-corrected chi connectivity index (χ2v) is 6.72. The van der Waals surface area contributed by atoms with Crippen molar-refractivity contribution in [2.75, 3.05) is 5.32 Å². The van der Waals surface area contributed by atoms with Gasteiger partial charge in [0.1, 0.15) is 0 Å². The van der Waals surface area contributed by atoms with Crippen molar-refractivity contribution >= 4 is 32.6 Å². The lowest BCUT2D eigenvalue weighted by atomic mass is 10.2. The van der Waals surface area contributed by atoms with E-state index in [9.17, 15) is 9.59 Å². The summed E-state index contributed by atoms with van der Waals surface area (Å²) in [5.74, 6) is -0.571. The number of amides is 1. The Bertz CT molecular complexity index is 1130. The molecule has 7 heteroatoms. The van der Waals surface area contributed by atoms with Crippen LogP contribution in [0.1, 0.15) is 16.2 Å². The van der Waals surface area contributed by atoms with Gasteiger partial charge in [-0.05, 0) is 31.2 Å². The molecule has 6 nitrogen and oxygen atoms in total. The molecule has 2 aromatic carbocycles. The van der Waals surface area contributed by atoms with Crippen LogP contribution in [0.5, 0.6) is 0 Å². The summed E-state index contributed by atoms with van der Waals surface area (Å²) in [5.41, 5.74) is 1.63. The first-order valence-electron chi connectivity index (χ1n) is 7.95. The highest BCUT2D eigenvalue weighted by atomic mass is 32.1. The maximum absolute atomic E-state index is 12.6. The van der Waals surface area contributed by atoms with Crippen LogP contribution in [0, 0.1) is 6.92 Å². The SMILES string of the molecule is Cc1cc(=O)c(C(=O)Nc2nc3ccccc3s2)nn1-c1ccccc1. The number of nitrogens with zero attached hydrogens (tertiary/aromatic N) is 3. The van der Waals surface area contributed by atoms with Gasteiger partial charge in [0.05, 0.1) is 15.9 Å². The molecule has 0 unspecified atom stereocenters. The molecule has 4 rings (SSSR count). The van der Waals surface area contributed by atoms with Gasteiger partial charge in [0.25, 0.3) is 5.91 Å². The fourth-order valence-corrected chi connectivity index (χ4v) is 3.48. The number of rotatable bonds is 3. The molecule has 0 spiro atoms. The zero-order valence-electron chi connectivity index (χ0n) is 13.8. The van der Waals surface area contributed by atoms with E-state index in [4.69, 9.17) is 0 Å². The average molecular weight is 362 g/mol. The Morgan fingerprint density at radius 3 is 2.58 bits per heavy atom. The zero-order chi connectivity index (χ0) is 18.1. The molecule has 0 saturated carbocycles. The van der Waals surface area contributed by atoms with Crippen molar-refractivity contribution in [3.63, 3.8) is 0 Å². The van der Waals surface area contributed by atoms with Crippen molar-refractivity contribution in [1.29, 1.82) is 0 Å². The van der Waals surface area contributed by atoms with Crippen LogP contribution in [0.4, 0.5) is 5.13 Å². The topological polar surface area (TPSA) is 76.9 Å². The van der Waals surface area contributed by atoms with Gasteiger partial charge in [-0.1, -0.05) is 41.7 Å². The van der Waals surface area contributed by atoms with E-state index in [2.05, 4.69) is 15.4 Å². The van der Waals surface area contributed by atoms with E-state index in [1.807, 2.05) is 54.6 Å². The summed E-state index contributed by atoms with van der Waals surface area (Å²) in [6.07, 6.45) is 0. The molecule has 2 aromatic heterocycles. The third-order valence-electron chi connectivity index (χ3n) is 3.84. The number of carbonyl (C=O) groups is 1. The number of hydrogen-bond donors (Lipinski definition) is 1. The highest BCUT2D eigenvalue weighted by molar-refractivity contribution is 7.22. The number of para-hydroxylation sites is 2. The first-order valence-corrected chi connectivity index (χ1v) is 8.77. The molecule has 4 aromatic rings. The minimum Gasteiger partial charge on any atom is -0.296 e. The molecular weight excluding hydrogens is 348 g/mol. The summed E-state index contributed by atoms with van der Waals surface area (Å²) in [6, 6.07) is 18.3. The highest BCUT2D eigenvalue weighted by Crippen LogP contribution is 2.25. The molecule has 0 saturated heterocycles. The summed E-state index contributed by atoms with van der Waals surface area (Å²) in [6.45, 7) is 1.77. The molecular formula is C19H14N4O2S. The third kappa shape index (κ3) is 3.00. The van der Waals surface area contributed by atoms with Crippen LogP contribution in [0.2, 0.25) is 0 Å². The van der Waals surface area contributed by atoms with Gasteiger partial charge >= 0.3 is 0 Å². The van der Waals surface area contributed by atoms with E-state index in [1.54, 1.807) is 11.6 Å². The number of thiazole rings is 1. The Hall–Kier alpha value is -3.32. The molecule has 0 fully saturated rings. The molecule has 0 bridgehead atoms. The highest BCUT2D eigenvalue weighted by Gasteiger charge is 2.17. The largest absolute Gasteiger partial charge is 0.296 e. The maximum atomic E-state index is 12.6. The Kier molecular flexibility index (Phi) is 4.06. The number of anilines is 1. The van der Waals surface area contributed by atoms with E-state index >= 15 is 0 Å². The predicted molar refractivity (Wildman–Crippen MR) is 102 cm³/mol. The number of hydrogen-bond acceptors (Lipinski definition) is 5. The van der Waals surface area contributed by atoms with Gasteiger partial charge in [-0.25, -0.2) is 9.67 Å². The van der Waals surface area contributed by atoms with Gasteiger partial charge in [0, 0.05) is 11.8 Å². The second-order valence-electron chi connectivity index (χ2n) is 5.69. The predicted octanol–water partition coefficient (Wildman–Crippen LogP) is 3.40. The lowest BCUT2D eigenvalue weighted by molar-refractivity contribution is 0.101. The Morgan fingerprint density at radius 1 is 1.08 bits per heavy atom. The lowest BCUT2D eigenvalue weighted by Crippen LogP contribution is -2.26. The van der Waals surface area contributed by atoms with E-state index in [-0.39, 0.29) is 5.69 Å². The third-order valence-corrected chi connectivity index (χ3v) is 4.79. The number of nitrogens with one attached hydrogen (secondary N) is 1. The molecule has 0 aliphatic rings. The number of aryl methyl sites for hydroxylation is 1. The van der Waals surface area contributed by atoms with Crippen LogP contribution in [-0.2, 0) is 0 Å². The van der Waals surface area contributed by atoms with Crippen molar-refractivity contribution in [2.24, 2.45) is 0 Å². The molecule has 26 heavy (non-hydrogen) atoms. The zero-order valence-corrected chi connectivity index (χ0v) is 14.7. The van der Waals surface area contributed by atoms with Crippen LogP contribution < -0.4 is 10.7 Å². The fraction of sp³-hybridized carbons (Fsp3) is 0.0526. The van der Waals surface area contributed by atoms with E-state index in [1.165, 1.54) is 17.4 Å². The monoisotopic (exact) mass is 362 g/mol. The van der Waals surface area contributed by atoms with Crippen molar-refractivity contribution < 1.29 is 4.79 Å². The Balaban J connectivity index is 1.70. The summed E-state index contributed by atoms with van der Waals surface area (Å²) in [5, 5.41) is 7.37. The summed E-state index contributed by atoms with van der Waals surface area (Å²) < 4.78 is 2.54. The van der Waals surface area contributed by atoms with Crippen molar-refractivity contribution in [3.8, 4) is 5.69 Å². The minimum absolute atomic E-state index is 0.168. The van der Waals surface area contributed by atoms with Crippen LogP contribution in [0.15, 0.2) is 65.5 Å². The average Bonchev–Trinajstić information content (AvgIpc) is 3.04. The second kappa shape index (κ2) is 6.53. The first-order chi connectivity index (χ1) is 12.6. The van der Waals surface area contributed by atoms with Crippen molar-refractivity contribution in [3.05, 3.63) is 82.3 Å². The van der Waals surface area contributed by atoms with Gasteiger partial charge < -0.3 is 0 Å². The number of fused-ring (bicyclic) bond motifs is 1. The van der Waals surface area contributed by atoms with E-state index in [0.717, 1.165) is 15.9 Å². The summed E-state index contributed by atoms with van der Waals surface area (Å²) >= 11 is 1.35. The normalized spacial score (nSPS) is 10.8. The van der Waals surface area contributed by atoms with Crippen LogP contribution in [0.3, 0.4) is 0 Å².